The summed E-state index contributed by atoms with van der Waals surface area (Å²) in [5, 5.41) is 19.6. The van der Waals surface area contributed by atoms with Gasteiger partial charge in [0.2, 0.25) is 0 Å². The Kier molecular flexibility index (Phi) is 3.39. The van der Waals surface area contributed by atoms with Gasteiger partial charge in [-0.05, 0) is 18.2 Å². The minimum absolute atomic E-state index is 0.0723. The standard InChI is InChI=1S/C16H15NO4/c18-12-5-3-6-13(19)15(12)16(20)17-8-9-21-14-7-2-1-4-11(14)10-17/h1-7,18-19H,8-10H2. The molecule has 1 amide bonds. The van der Waals surface area contributed by atoms with Gasteiger partial charge in [0.1, 0.15) is 29.4 Å². The van der Waals surface area contributed by atoms with Crippen molar-refractivity contribution in [3.63, 3.8) is 0 Å². The SMILES string of the molecule is O=C(c1c(O)cccc1O)N1CCOc2ccccc2C1. The van der Waals surface area contributed by atoms with Gasteiger partial charge in [0.25, 0.3) is 5.91 Å². The predicted molar refractivity (Wildman–Crippen MR) is 76.4 cm³/mol. The summed E-state index contributed by atoms with van der Waals surface area (Å²) >= 11 is 0. The third kappa shape index (κ3) is 2.50. The van der Waals surface area contributed by atoms with Gasteiger partial charge in [-0.3, -0.25) is 4.79 Å². The fourth-order valence-electron chi connectivity index (χ4n) is 2.40. The van der Waals surface area contributed by atoms with E-state index in [-0.39, 0.29) is 17.1 Å². The van der Waals surface area contributed by atoms with Crippen LogP contribution in [0.15, 0.2) is 42.5 Å². The topological polar surface area (TPSA) is 70.0 Å². The lowest BCUT2D eigenvalue weighted by Gasteiger charge is -2.20. The molecule has 0 saturated carbocycles. The first-order chi connectivity index (χ1) is 10.2. The molecular weight excluding hydrogens is 270 g/mol. The molecule has 2 aromatic rings. The monoisotopic (exact) mass is 285 g/mol. The molecule has 1 heterocycles. The van der Waals surface area contributed by atoms with E-state index in [9.17, 15) is 15.0 Å². The number of carbonyl (C=O) groups excluding carboxylic acids is 1. The number of carbonyl (C=O) groups is 1. The molecule has 5 heteroatoms. The Morgan fingerprint density at radius 3 is 2.52 bits per heavy atom. The zero-order valence-electron chi connectivity index (χ0n) is 11.3. The van der Waals surface area contributed by atoms with Gasteiger partial charge in [0.15, 0.2) is 0 Å². The Balaban J connectivity index is 1.92. The number of nitrogens with zero attached hydrogens (tertiary/aromatic N) is 1. The normalized spacial score (nSPS) is 14.0. The highest BCUT2D eigenvalue weighted by Crippen LogP contribution is 2.30. The Hall–Kier alpha value is -2.69. The van der Waals surface area contributed by atoms with Crippen LogP contribution in [-0.4, -0.2) is 34.2 Å². The summed E-state index contributed by atoms with van der Waals surface area (Å²) in [5.41, 5.74) is 0.829. The number of rotatable bonds is 1. The van der Waals surface area contributed by atoms with E-state index in [1.54, 1.807) is 4.90 Å². The second-order valence-electron chi connectivity index (χ2n) is 4.85. The summed E-state index contributed by atoms with van der Waals surface area (Å²) in [7, 11) is 0. The molecular formula is C16H15NO4. The van der Waals surface area contributed by atoms with Crippen molar-refractivity contribution in [1.82, 2.24) is 4.90 Å². The van der Waals surface area contributed by atoms with Crippen molar-refractivity contribution in [1.29, 1.82) is 0 Å². The number of amides is 1. The Labute approximate surface area is 122 Å². The number of ether oxygens (including phenoxy) is 1. The van der Waals surface area contributed by atoms with Gasteiger partial charge in [0.05, 0.1) is 6.54 Å². The quantitative estimate of drug-likeness (QED) is 0.842. The summed E-state index contributed by atoms with van der Waals surface area (Å²) in [4.78, 5) is 14.1. The molecule has 0 fully saturated rings. The van der Waals surface area contributed by atoms with E-state index in [2.05, 4.69) is 0 Å². The molecule has 0 unspecified atom stereocenters. The summed E-state index contributed by atoms with van der Waals surface area (Å²) in [5.74, 6) is -0.0999. The highest BCUT2D eigenvalue weighted by molar-refractivity contribution is 5.99. The number of aromatic hydroxyl groups is 2. The largest absolute Gasteiger partial charge is 0.507 e. The second-order valence-corrected chi connectivity index (χ2v) is 4.85. The minimum Gasteiger partial charge on any atom is -0.507 e. The van der Waals surface area contributed by atoms with Gasteiger partial charge in [-0.25, -0.2) is 0 Å². The molecule has 0 atom stereocenters. The van der Waals surface area contributed by atoms with Crippen molar-refractivity contribution in [2.75, 3.05) is 13.2 Å². The zero-order valence-corrected chi connectivity index (χ0v) is 11.3. The van der Waals surface area contributed by atoms with E-state index in [4.69, 9.17) is 4.74 Å². The lowest BCUT2D eigenvalue weighted by molar-refractivity contribution is 0.0727. The van der Waals surface area contributed by atoms with Crippen LogP contribution >= 0.6 is 0 Å². The van der Waals surface area contributed by atoms with Crippen LogP contribution in [0.2, 0.25) is 0 Å². The Bertz CT molecular complexity index is 663. The van der Waals surface area contributed by atoms with Crippen LogP contribution < -0.4 is 4.74 Å². The zero-order chi connectivity index (χ0) is 14.8. The molecule has 0 radical (unpaired) electrons. The van der Waals surface area contributed by atoms with Crippen molar-refractivity contribution >= 4 is 5.91 Å². The van der Waals surface area contributed by atoms with Gasteiger partial charge < -0.3 is 19.8 Å². The van der Waals surface area contributed by atoms with Gasteiger partial charge in [0, 0.05) is 12.1 Å². The van der Waals surface area contributed by atoms with E-state index in [0.717, 1.165) is 11.3 Å². The third-order valence-electron chi connectivity index (χ3n) is 3.47. The van der Waals surface area contributed by atoms with Crippen LogP contribution in [0.3, 0.4) is 0 Å². The molecule has 108 valence electrons. The average Bonchev–Trinajstić information content (AvgIpc) is 2.69. The number of para-hydroxylation sites is 1. The number of phenols is 2. The van der Waals surface area contributed by atoms with Crippen LogP contribution in [0, 0.1) is 0 Å². The van der Waals surface area contributed by atoms with Crippen molar-refractivity contribution in [2.45, 2.75) is 6.54 Å². The lowest BCUT2D eigenvalue weighted by atomic mass is 10.1. The van der Waals surface area contributed by atoms with Crippen molar-refractivity contribution < 1.29 is 19.7 Å². The average molecular weight is 285 g/mol. The first kappa shape index (κ1) is 13.3. The number of fused-ring (bicyclic) bond motifs is 1. The van der Waals surface area contributed by atoms with Crippen LogP contribution in [-0.2, 0) is 6.54 Å². The highest BCUT2D eigenvalue weighted by Gasteiger charge is 2.25. The van der Waals surface area contributed by atoms with E-state index in [1.165, 1.54) is 18.2 Å². The molecule has 3 rings (SSSR count). The van der Waals surface area contributed by atoms with Gasteiger partial charge in [-0.2, -0.15) is 0 Å². The minimum atomic E-state index is -0.411. The number of hydrogen-bond donors (Lipinski definition) is 2. The van der Waals surface area contributed by atoms with Crippen molar-refractivity contribution in [3.8, 4) is 17.2 Å². The highest BCUT2D eigenvalue weighted by atomic mass is 16.5. The molecule has 0 bridgehead atoms. The van der Waals surface area contributed by atoms with E-state index in [0.29, 0.717) is 19.7 Å². The first-order valence-electron chi connectivity index (χ1n) is 6.68. The molecule has 0 spiro atoms. The van der Waals surface area contributed by atoms with Crippen LogP contribution in [0.1, 0.15) is 15.9 Å². The number of benzene rings is 2. The maximum atomic E-state index is 12.6. The lowest BCUT2D eigenvalue weighted by Crippen LogP contribution is -2.32. The Morgan fingerprint density at radius 2 is 1.76 bits per heavy atom. The molecule has 5 nitrogen and oxygen atoms in total. The van der Waals surface area contributed by atoms with Gasteiger partial charge in [-0.1, -0.05) is 24.3 Å². The van der Waals surface area contributed by atoms with Crippen molar-refractivity contribution in [2.24, 2.45) is 0 Å². The summed E-state index contributed by atoms with van der Waals surface area (Å²) in [6, 6.07) is 11.8. The number of phenolic OH excluding ortho intramolecular Hbond substituents is 2. The Morgan fingerprint density at radius 1 is 1.05 bits per heavy atom. The fourth-order valence-corrected chi connectivity index (χ4v) is 2.40. The molecule has 2 N–H and O–H groups in total. The molecule has 1 aliphatic rings. The van der Waals surface area contributed by atoms with E-state index >= 15 is 0 Å². The molecule has 0 saturated heterocycles. The van der Waals surface area contributed by atoms with Crippen LogP contribution in [0.25, 0.3) is 0 Å². The van der Waals surface area contributed by atoms with Gasteiger partial charge >= 0.3 is 0 Å². The molecule has 21 heavy (non-hydrogen) atoms. The van der Waals surface area contributed by atoms with Crippen LogP contribution in [0.5, 0.6) is 17.2 Å². The molecule has 0 aromatic heterocycles. The van der Waals surface area contributed by atoms with E-state index < -0.39 is 5.91 Å². The van der Waals surface area contributed by atoms with Gasteiger partial charge in [-0.15, -0.1) is 0 Å². The maximum absolute atomic E-state index is 12.6. The third-order valence-corrected chi connectivity index (χ3v) is 3.47. The summed E-state index contributed by atoms with van der Waals surface area (Å²) in [6.45, 7) is 1.14. The predicted octanol–water partition coefficient (Wildman–Crippen LogP) is 2.13. The molecule has 1 aliphatic heterocycles. The van der Waals surface area contributed by atoms with Crippen molar-refractivity contribution in [3.05, 3.63) is 53.6 Å². The molecule has 2 aromatic carbocycles. The summed E-state index contributed by atoms with van der Waals surface area (Å²) in [6.07, 6.45) is 0. The number of hydrogen-bond acceptors (Lipinski definition) is 4. The second kappa shape index (κ2) is 5.36. The first-order valence-corrected chi connectivity index (χ1v) is 6.68. The fraction of sp³-hybridized carbons (Fsp3) is 0.188. The van der Waals surface area contributed by atoms with Crippen LogP contribution in [0.4, 0.5) is 0 Å². The smallest absolute Gasteiger partial charge is 0.261 e. The van der Waals surface area contributed by atoms with E-state index in [1.807, 2.05) is 24.3 Å². The molecule has 0 aliphatic carbocycles. The summed E-state index contributed by atoms with van der Waals surface area (Å²) < 4.78 is 5.61. The maximum Gasteiger partial charge on any atom is 0.261 e.